The van der Waals surface area contributed by atoms with E-state index in [9.17, 15) is 9.90 Å². The van der Waals surface area contributed by atoms with Gasteiger partial charge in [-0.1, -0.05) is 26.0 Å². The van der Waals surface area contributed by atoms with E-state index < -0.39 is 17.4 Å². The molecule has 156 valence electrons. The molecule has 1 aromatic carbocycles. The van der Waals surface area contributed by atoms with Crippen LogP contribution in [0, 0.1) is 5.41 Å². The van der Waals surface area contributed by atoms with E-state index in [-0.39, 0.29) is 5.41 Å². The van der Waals surface area contributed by atoms with Crippen molar-refractivity contribution in [3.8, 4) is 0 Å². The van der Waals surface area contributed by atoms with Gasteiger partial charge < -0.3 is 16.2 Å². The van der Waals surface area contributed by atoms with Crippen LogP contribution in [0.1, 0.15) is 55.1 Å². The van der Waals surface area contributed by atoms with Gasteiger partial charge in [0.25, 0.3) is 5.91 Å². The summed E-state index contributed by atoms with van der Waals surface area (Å²) in [5.74, 6) is -0.486. The van der Waals surface area contributed by atoms with Gasteiger partial charge in [0.15, 0.2) is 0 Å². The molecule has 6 nitrogen and oxygen atoms in total. The average Bonchev–Trinajstić information content (AvgIpc) is 3.03. The Morgan fingerprint density at radius 3 is 2.80 bits per heavy atom. The Morgan fingerprint density at radius 2 is 2.10 bits per heavy atom. The molecule has 1 amide bonds. The van der Waals surface area contributed by atoms with E-state index in [2.05, 4.69) is 36.1 Å². The third kappa shape index (κ3) is 3.63. The molecule has 1 aliphatic carbocycles. The smallest absolute Gasteiger partial charge is 0.250 e. The lowest BCUT2D eigenvalue weighted by Crippen LogP contribution is -2.37. The van der Waals surface area contributed by atoms with Crippen LogP contribution in [0.4, 0.5) is 5.69 Å². The van der Waals surface area contributed by atoms with Crippen molar-refractivity contribution in [1.29, 1.82) is 0 Å². The highest BCUT2D eigenvalue weighted by Crippen LogP contribution is 2.49. The van der Waals surface area contributed by atoms with E-state index in [0.29, 0.717) is 24.2 Å². The number of carbonyl (C=O) groups is 1. The molecule has 4 N–H and O–H groups in total. The maximum Gasteiger partial charge on any atom is 0.250 e. The lowest BCUT2D eigenvalue weighted by Gasteiger charge is -2.38. The molecule has 1 aliphatic heterocycles. The Hall–Kier alpha value is -2.99. The predicted octanol–water partition coefficient (Wildman–Crippen LogP) is 3.57. The topological polar surface area (TPSA) is 101 Å². The summed E-state index contributed by atoms with van der Waals surface area (Å²) >= 11 is 0. The van der Waals surface area contributed by atoms with Crippen LogP contribution in [0.25, 0.3) is 0 Å². The van der Waals surface area contributed by atoms with Gasteiger partial charge in [0.05, 0.1) is 17.1 Å². The van der Waals surface area contributed by atoms with Crippen molar-refractivity contribution in [2.24, 2.45) is 16.1 Å². The van der Waals surface area contributed by atoms with E-state index >= 15 is 0 Å². The minimum atomic E-state index is -0.543. The molecule has 30 heavy (non-hydrogen) atoms. The molecule has 2 aliphatic rings. The van der Waals surface area contributed by atoms with Crippen LogP contribution in [0.5, 0.6) is 0 Å². The molecule has 0 radical (unpaired) electrons. The molecule has 0 saturated carbocycles. The Morgan fingerprint density at radius 1 is 1.30 bits per heavy atom. The Balaban J connectivity index is 1.70. The van der Waals surface area contributed by atoms with Crippen LogP contribution >= 0.6 is 0 Å². The minimum absolute atomic E-state index is 0.0209. The van der Waals surface area contributed by atoms with Crippen LogP contribution < -0.4 is 11.1 Å². The van der Waals surface area contributed by atoms with Crippen LogP contribution in [0.2, 0.25) is 0 Å². The lowest BCUT2D eigenvalue weighted by atomic mass is 9.67. The van der Waals surface area contributed by atoms with Crippen molar-refractivity contribution in [1.82, 2.24) is 4.98 Å². The second-order valence-corrected chi connectivity index (χ2v) is 9.22. The molecule has 0 bridgehead atoms. The summed E-state index contributed by atoms with van der Waals surface area (Å²) in [5, 5.41) is 14.3. The van der Waals surface area contributed by atoms with Gasteiger partial charge in [0.2, 0.25) is 0 Å². The maximum atomic E-state index is 12.0. The number of rotatable bonds is 5. The first-order valence-electron chi connectivity index (χ1n) is 10.2. The largest absolute Gasteiger partial charge is 0.389 e. The number of benzene rings is 1. The lowest BCUT2D eigenvalue weighted by molar-refractivity contribution is 0.100. The molecule has 0 spiro atoms. The summed E-state index contributed by atoms with van der Waals surface area (Å²) in [6, 6.07) is 9.45. The van der Waals surface area contributed by atoms with Gasteiger partial charge in [-0.15, -0.1) is 0 Å². The molecule has 2 unspecified atom stereocenters. The zero-order valence-electron chi connectivity index (χ0n) is 17.6. The summed E-state index contributed by atoms with van der Waals surface area (Å²) in [4.78, 5) is 20.8. The van der Waals surface area contributed by atoms with E-state index in [1.54, 1.807) is 18.5 Å². The number of carbonyl (C=O) groups excluding carboxylic acids is 1. The van der Waals surface area contributed by atoms with Gasteiger partial charge in [-0.25, -0.2) is 0 Å². The molecule has 6 heteroatoms. The molecular weight excluding hydrogens is 376 g/mol. The van der Waals surface area contributed by atoms with E-state index in [1.807, 2.05) is 30.5 Å². The highest BCUT2D eigenvalue weighted by atomic mass is 16.3. The first-order chi connectivity index (χ1) is 14.2. The van der Waals surface area contributed by atoms with E-state index in [4.69, 9.17) is 5.73 Å². The fourth-order valence-electron chi connectivity index (χ4n) is 4.63. The first-order valence-corrected chi connectivity index (χ1v) is 10.2. The first kappa shape index (κ1) is 20.3. The van der Waals surface area contributed by atoms with Gasteiger partial charge >= 0.3 is 0 Å². The van der Waals surface area contributed by atoms with Crippen molar-refractivity contribution in [3.63, 3.8) is 0 Å². The Labute approximate surface area is 176 Å². The molecule has 0 saturated heterocycles. The third-order valence-corrected chi connectivity index (χ3v) is 6.16. The number of hydrogen-bond acceptors (Lipinski definition) is 5. The standard InChI is InChI=1S/C24H28N4O2/c1-23(2)10-19-21(20(29)11-23)24(3,14-28-19)16-6-7-17(22(25)30)18(9-16)27-13-15-5-4-8-26-12-15/h4-9,12,14,20,27,29H,10-11,13H2,1-3H3,(H2,25,30). The van der Waals surface area contributed by atoms with Crippen LogP contribution in [-0.2, 0) is 12.0 Å². The number of anilines is 1. The second-order valence-electron chi connectivity index (χ2n) is 9.22. The van der Waals surface area contributed by atoms with Crippen LogP contribution in [0.15, 0.2) is 59.0 Å². The molecular formula is C24H28N4O2. The second kappa shape index (κ2) is 7.36. The van der Waals surface area contributed by atoms with Crippen molar-refractivity contribution in [2.45, 2.75) is 51.7 Å². The number of nitrogens with one attached hydrogen (secondary N) is 1. The SMILES string of the molecule is CC1(C)CC2=C(C(O)C1)C(C)(c1ccc(C(N)=O)c(NCc3cccnc3)c1)C=N2. The van der Waals surface area contributed by atoms with Gasteiger partial charge in [-0.2, -0.15) is 0 Å². The molecule has 2 heterocycles. The molecule has 0 fully saturated rings. The zero-order valence-corrected chi connectivity index (χ0v) is 17.6. The van der Waals surface area contributed by atoms with E-state index in [0.717, 1.165) is 28.8 Å². The Bertz CT molecular complexity index is 1040. The van der Waals surface area contributed by atoms with Crippen LogP contribution in [0.3, 0.4) is 0 Å². The fraction of sp³-hybridized carbons (Fsp3) is 0.375. The van der Waals surface area contributed by atoms with Crippen LogP contribution in [-0.4, -0.2) is 28.3 Å². The number of aliphatic hydroxyl groups excluding tert-OH is 1. The molecule has 2 atom stereocenters. The number of aliphatic hydroxyl groups is 1. The monoisotopic (exact) mass is 404 g/mol. The van der Waals surface area contributed by atoms with Crippen molar-refractivity contribution in [3.05, 3.63) is 70.7 Å². The Kier molecular flexibility index (Phi) is 4.98. The van der Waals surface area contributed by atoms with E-state index in [1.165, 1.54) is 0 Å². The van der Waals surface area contributed by atoms with Gasteiger partial charge in [0, 0.05) is 36.5 Å². The molecule has 4 rings (SSSR count). The number of amides is 1. The summed E-state index contributed by atoms with van der Waals surface area (Å²) in [7, 11) is 0. The third-order valence-electron chi connectivity index (χ3n) is 6.16. The van der Waals surface area contributed by atoms with Crippen molar-refractivity contribution >= 4 is 17.8 Å². The normalized spacial score (nSPS) is 24.6. The minimum Gasteiger partial charge on any atom is -0.389 e. The number of aromatic nitrogens is 1. The highest BCUT2D eigenvalue weighted by Gasteiger charge is 2.45. The fourth-order valence-corrected chi connectivity index (χ4v) is 4.63. The number of primary amides is 1. The average molecular weight is 405 g/mol. The maximum absolute atomic E-state index is 12.0. The predicted molar refractivity (Wildman–Crippen MR) is 118 cm³/mol. The highest BCUT2D eigenvalue weighted by molar-refractivity contribution is 5.99. The van der Waals surface area contributed by atoms with Gasteiger partial charge in [-0.3, -0.25) is 14.8 Å². The van der Waals surface area contributed by atoms with Crippen molar-refractivity contribution < 1.29 is 9.90 Å². The summed E-state index contributed by atoms with van der Waals surface area (Å²) in [5.41, 5.74) is 10.1. The van der Waals surface area contributed by atoms with Crippen molar-refractivity contribution in [2.75, 3.05) is 5.32 Å². The number of nitrogens with zero attached hydrogens (tertiary/aromatic N) is 2. The van der Waals surface area contributed by atoms with Gasteiger partial charge in [-0.05, 0) is 60.1 Å². The summed E-state index contributed by atoms with van der Waals surface area (Å²) < 4.78 is 0. The number of aliphatic imine (C=N–C) groups is 1. The molecule has 1 aromatic heterocycles. The quantitative estimate of drug-likeness (QED) is 0.709. The summed E-state index contributed by atoms with van der Waals surface area (Å²) in [6.45, 7) is 6.91. The zero-order chi connectivity index (χ0) is 21.5. The van der Waals surface area contributed by atoms with Gasteiger partial charge in [0.1, 0.15) is 0 Å². The number of hydrogen-bond donors (Lipinski definition) is 3. The number of nitrogens with two attached hydrogens (primary N) is 1. The molecule has 2 aromatic rings. The number of pyridine rings is 1. The summed E-state index contributed by atoms with van der Waals surface area (Å²) in [6.07, 6.45) is 6.43. The number of allylic oxidation sites excluding steroid dienone is 1.